The molecule has 2 aromatic rings. The van der Waals surface area contributed by atoms with Crippen molar-refractivity contribution >= 4 is 23.4 Å². The Kier molecular flexibility index (Phi) is 3.63. The largest absolute Gasteiger partial charge is 0.311 e. The van der Waals surface area contributed by atoms with Crippen molar-refractivity contribution in [1.29, 1.82) is 0 Å². The third-order valence-electron chi connectivity index (χ3n) is 2.23. The Morgan fingerprint density at radius 3 is 2.71 bits per heavy atom. The van der Waals surface area contributed by atoms with E-state index in [-0.39, 0.29) is 5.92 Å². The number of hydrogen-bond acceptors (Lipinski definition) is 5. The van der Waals surface area contributed by atoms with Gasteiger partial charge in [0, 0.05) is 12.6 Å². The highest BCUT2D eigenvalue weighted by molar-refractivity contribution is 7.99. The highest BCUT2D eigenvalue weighted by atomic mass is 35.5. The molecule has 0 N–H and O–H groups in total. The van der Waals surface area contributed by atoms with Crippen LogP contribution in [0.1, 0.15) is 25.3 Å². The lowest BCUT2D eigenvalue weighted by Crippen LogP contribution is -1.99. The van der Waals surface area contributed by atoms with Gasteiger partial charge in [-0.3, -0.25) is 0 Å². The lowest BCUT2D eigenvalue weighted by atomic mass is 10.1. The lowest BCUT2D eigenvalue weighted by molar-refractivity contribution is 0.775. The van der Waals surface area contributed by atoms with Crippen LogP contribution in [-0.4, -0.2) is 24.7 Å². The molecule has 5 nitrogen and oxygen atoms in total. The third-order valence-corrected chi connectivity index (χ3v) is 3.61. The molecule has 0 aliphatic heterocycles. The first-order valence-corrected chi connectivity index (χ1v) is 6.31. The normalized spacial score (nSPS) is 11.1. The van der Waals surface area contributed by atoms with Crippen LogP contribution in [0.2, 0.25) is 5.15 Å². The maximum absolute atomic E-state index is 6.10. The van der Waals surface area contributed by atoms with Crippen LogP contribution in [0.15, 0.2) is 22.8 Å². The summed E-state index contributed by atoms with van der Waals surface area (Å²) < 4.78 is 1.84. The van der Waals surface area contributed by atoms with Gasteiger partial charge in [-0.1, -0.05) is 25.4 Å². The van der Waals surface area contributed by atoms with Gasteiger partial charge in [0.15, 0.2) is 5.16 Å². The molecule has 2 rings (SSSR count). The topological polar surface area (TPSA) is 56.5 Å². The molecule has 2 aromatic heterocycles. The number of rotatable bonds is 3. The summed E-state index contributed by atoms with van der Waals surface area (Å²) in [6, 6.07) is 0. The molecule has 0 saturated carbocycles. The maximum atomic E-state index is 6.10. The zero-order valence-corrected chi connectivity index (χ0v) is 11.3. The molecule has 90 valence electrons. The molecule has 0 fully saturated rings. The molecular formula is C10H12ClN5S. The van der Waals surface area contributed by atoms with Gasteiger partial charge >= 0.3 is 0 Å². The minimum absolute atomic E-state index is 0.263. The molecule has 0 atom stereocenters. The minimum atomic E-state index is 0.263. The van der Waals surface area contributed by atoms with Gasteiger partial charge in [0.1, 0.15) is 22.8 Å². The molecule has 0 radical (unpaired) electrons. The molecule has 0 bridgehead atoms. The Morgan fingerprint density at radius 1 is 1.35 bits per heavy atom. The second-order valence-corrected chi connectivity index (χ2v) is 5.18. The Bertz CT molecular complexity index is 525. The van der Waals surface area contributed by atoms with E-state index in [1.807, 2.05) is 11.6 Å². The van der Waals surface area contributed by atoms with Gasteiger partial charge in [0.05, 0.1) is 0 Å². The predicted octanol–water partition coefficient (Wildman–Crippen LogP) is 2.53. The first-order valence-electron chi connectivity index (χ1n) is 5.12. The van der Waals surface area contributed by atoms with Crippen molar-refractivity contribution in [3.05, 3.63) is 23.4 Å². The number of halogens is 1. The van der Waals surface area contributed by atoms with Crippen LogP contribution in [0.25, 0.3) is 0 Å². The van der Waals surface area contributed by atoms with E-state index < -0.39 is 0 Å². The van der Waals surface area contributed by atoms with Crippen LogP contribution in [0.3, 0.4) is 0 Å². The van der Waals surface area contributed by atoms with Crippen molar-refractivity contribution in [3.8, 4) is 0 Å². The van der Waals surface area contributed by atoms with Crippen molar-refractivity contribution < 1.29 is 0 Å². The molecule has 0 saturated heterocycles. The van der Waals surface area contributed by atoms with Gasteiger partial charge in [0.2, 0.25) is 0 Å². The van der Waals surface area contributed by atoms with Crippen LogP contribution in [0.5, 0.6) is 0 Å². The molecular weight excluding hydrogens is 258 g/mol. The fraction of sp³-hybridized carbons (Fsp3) is 0.400. The molecule has 7 heteroatoms. The molecule has 0 aliphatic carbocycles. The van der Waals surface area contributed by atoms with E-state index in [0.717, 1.165) is 15.7 Å². The molecule has 17 heavy (non-hydrogen) atoms. The summed E-state index contributed by atoms with van der Waals surface area (Å²) in [5.41, 5.74) is 0.946. The van der Waals surface area contributed by atoms with Crippen molar-refractivity contribution in [2.75, 3.05) is 0 Å². The van der Waals surface area contributed by atoms with Crippen molar-refractivity contribution in [2.24, 2.45) is 7.05 Å². The Morgan fingerprint density at radius 2 is 2.12 bits per heavy atom. The van der Waals surface area contributed by atoms with Gasteiger partial charge in [-0.05, 0) is 17.7 Å². The van der Waals surface area contributed by atoms with E-state index in [2.05, 4.69) is 34.0 Å². The van der Waals surface area contributed by atoms with E-state index >= 15 is 0 Å². The maximum Gasteiger partial charge on any atom is 0.197 e. The smallest absolute Gasteiger partial charge is 0.197 e. The number of aryl methyl sites for hydroxylation is 1. The van der Waals surface area contributed by atoms with Gasteiger partial charge in [-0.2, -0.15) is 0 Å². The van der Waals surface area contributed by atoms with Crippen molar-refractivity contribution in [3.63, 3.8) is 0 Å². The first kappa shape index (κ1) is 12.3. The average Bonchev–Trinajstić information content (AvgIpc) is 2.64. The quantitative estimate of drug-likeness (QED) is 0.802. The number of hydrogen-bond donors (Lipinski definition) is 0. The van der Waals surface area contributed by atoms with E-state index in [1.165, 1.54) is 18.1 Å². The fourth-order valence-electron chi connectivity index (χ4n) is 1.38. The zero-order valence-electron chi connectivity index (χ0n) is 9.75. The zero-order chi connectivity index (χ0) is 12.4. The van der Waals surface area contributed by atoms with Gasteiger partial charge in [-0.15, -0.1) is 10.2 Å². The van der Waals surface area contributed by atoms with Crippen molar-refractivity contribution in [2.45, 2.75) is 29.9 Å². The highest BCUT2D eigenvalue weighted by Gasteiger charge is 2.16. The van der Waals surface area contributed by atoms with Gasteiger partial charge < -0.3 is 4.57 Å². The number of aromatic nitrogens is 5. The lowest BCUT2D eigenvalue weighted by Gasteiger charge is -2.11. The monoisotopic (exact) mass is 269 g/mol. The molecule has 0 aromatic carbocycles. The average molecular weight is 270 g/mol. The van der Waals surface area contributed by atoms with Crippen molar-refractivity contribution in [1.82, 2.24) is 24.7 Å². The first-order chi connectivity index (χ1) is 8.09. The SMILES string of the molecule is CC(C)c1c(Cl)ncnc1Sc1nncn1C. The molecule has 0 amide bonds. The molecule has 0 aliphatic rings. The van der Waals surface area contributed by atoms with E-state index in [0.29, 0.717) is 5.15 Å². The molecule has 2 heterocycles. The van der Waals surface area contributed by atoms with Crippen LogP contribution < -0.4 is 0 Å². The molecule has 0 spiro atoms. The van der Waals surface area contributed by atoms with Crippen LogP contribution in [-0.2, 0) is 7.05 Å². The predicted molar refractivity (Wildman–Crippen MR) is 66.3 cm³/mol. The second-order valence-electron chi connectivity index (χ2n) is 3.86. The molecule has 0 unspecified atom stereocenters. The third kappa shape index (κ3) is 2.58. The summed E-state index contributed by atoms with van der Waals surface area (Å²) in [6.07, 6.45) is 3.12. The summed E-state index contributed by atoms with van der Waals surface area (Å²) in [6.45, 7) is 4.12. The van der Waals surface area contributed by atoms with Gasteiger partial charge in [-0.25, -0.2) is 9.97 Å². The summed E-state index contributed by atoms with van der Waals surface area (Å²) in [4.78, 5) is 8.27. The van der Waals surface area contributed by atoms with Crippen LogP contribution in [0, 0.1) is 0 Å². The standard InChI is InChI=1S/C10H12ClN5S/c1-6(2)7-8(11)12-4-13-9(7)17-10-15-14-5-16(10)3/h4-6H,1-3H3. The minimum Gasteiger partial charge on any atom is -0.311 e. The number of nitrogens with zero attached hydrogens (tertiary/aromatic N) is 5. The van der Waals surface area contributed by atoms with Gasteiger partial charge in [0.25, 0.3) is 0 Å². The Hall–Kier alpha value is -1.14. The van der Waals surface area contributed by atoms with E-state index in [1.54, 1.807) is 6.33 Å². The Balaban J connectivity index is 2.39. The summed E-state index contributed by atoms with van der Waals surface area (Å²) in [5.74, 6) is 0.263. The van der Waals surface area contributed by atoms with E-state index in [4.69, 9.17) is 11.6 Å². The second kappa shape index (κ2) is 5.01. The Labute approximate surface area is 109 Å². The summed E-state index contributed by atoms with van der Waals surface area (Å²) in [7, 11) is 1.89. The highest BCUT2D eigenvalue weighted by Crippen LogP contribution is 2.33. The summed E-state index contributed by atoms with van der Waals surface area (Å²) >= 11 is 7.54. The van der Waals surface area contributed by atoms with E-state index in [9.17, 15) is 0 Å². The summed E-state index contributed by atoms with van der Waals surface area (Å²) in [5, 5.41) is 9.95. The fourth-order valence-corrected chi connectivity index (χ4v) is 2.78. The van der Waals surface area contributed by atoms with Crippen LogP contribution in [0.4, 0.5) is 0 Å². The van der Waals surface area contributed by atoms with Crippen LogP contribution >= 0.6 is 23.4 Å².